The van der Waals surface area contributed by atoms with E-state index in [4.69, 9.17) is 0 Å². The highest BCUT2D eigenvalue weighted by Gasteiger charge is 2.55. The van der Waals surface area contributed by atoms with E-state index in [1.807, 2.05) is 19.1 Å². The van der Waals surface area contributed by atoms with E-state index in [1.54, 1.807) is 12.1 Å². The van der Waals surface area contributed by atoms with E-state index in [9.17, 15) is 14.4 Å². The predicted octanol–water partition coefficient (Wildman–Crippen LogP) is 2.89. The van der Waals surface area contributed by atoms with Gasteiger partial charge in [0.25, 0.3) is 5.91 Å². The number of carbonyl (C=O) groups excluding carboxylic acids is 3. The number of benzene rings is 1. The molecule has 2 N–H and O–H groups in total. The number of halogens is 1. The summed E-state index contributed by atoms with van der Waals surface area (Å²) in [6.07, 6.45) is 3.53. The second kappa shape index (κ2) is 6.55. The second-order valence-electron chi connectivity index (χ2n) is 6.49. The lowest BCUT2D eigenvalue weighted by atomic mass is 9.73. The predicted molar refractivity (Wildman–Crippen MR) is 93.4 cm³/mol. The third kappa shape index (κ3) is 3.05. The monoisotopic (exact) mass is 393 g/mol. The first-order chi connectivity index (χ1) is 11.4. The summed E-state index contributed by atoms with van der Waals surface area (Å²) in [6.45, 7) is 1.72. The van der Waals surface area contributed by atoms with Crippen LogP contribution in [0.5, 0.6) is 0 Å². The molecule has 24 heavy (non-hydrogen) atoms. The molecule has 1 saturated heterocycles. The Kier molecular flexibility index (Phi) is 4.62. The lowest BCUT2D eigenvalue weighted by Crippen LogP contribution is -2.54. The standard InChI is InChI=1S/C17H20BrN3O3/c1-11-4-2-3-9-17(11)15(23)21(16(24)20-17)10-14(22)19-13-7-5-12(18)6-8-13/h5-8,11H,2-4,9-10H2,1H3,(H,19,22)(H,20,24)/t11-,17+/m1/s1. The van der Waals surface area contributed by atoms with Crippen LogP contribution in [0.25, 0.3) is 0 Å². The van der Waals surface area contributed by atoms with Crippen LogP contribution in [0.1, 0.15) is 32.6 Å². The van der Waals surface area contributed by atoms with Gasteiger partial charge >= 0.3 is 6.03 Å². The molecule has 2 aliphatic rings. The van der Waals surface area contributed by atoms with Gasteiger partial charge in [0.1, 0.15) is 12.1 Å². The second-order valence-corrected chi connectivity index (χ2v) is 7.41. The molecule has 1 aliphatic heterocycles. The Morgan fingerprint density at radius 3 is 2.71 bits per heavy atom. The van der Waals surface area contributed by atoms with Crippen LogP contribution in [0.4, 0.5) is 10.5 Å². The van der Waals surface area contributed by atoms with Crippen LogP contribution >= 0.6 is 15.9 Å². The number of urea groups is 1. The molecule has 128 valence electrons. The van der Waals surface area contributed by atoms with Crippen molar-refractivity contribution in [1.82, 2.24) is 10.2 Å². The van der Waals surface area contributed by atoms with E-state index in [2.05, 4.69) is 26.6 Å². The molecular formula is C17H20BrN3O3. The molecule has 1 saturated carbocycles. The lowest BCUT2D eigenvalue weighted by Gasteiger charge is -2.36. The van der Waals surface area contributed by atoms with E-state index in [1.165, 1.54) is 0 Å². The number of hydrogen-bond acceptors (Lipinski definition) is 3. The van der Waals surface area contributed by atoms with E-state index < -0.39 is 11.6 Å². The van der Waals surface area contributed by atoms with E-state index in [0.717, 1.165) is 28.6 Å². The molecule has 2 fully saturated rings. The Labute approximate surface area is 149 Å². The Morgan fingerprint density at radius 2 is 2.04 bits per heavy atom. The van der Waals surface area contributed by atoms with Crippen LogP contribution in [-0.4, -0.2) is 34.8 Å². The summed E-state index contributed by atoms with van der Waals surface area (Å²) in [7, 11) is 0. The van der Waals surface area contributed by atoms with Crippen molar-refractivity contribution < 1.29 is 14.4 Å². The van der Waals surface area contributed by atoms with Gasteiger partial charge in [-0.25, -0.2) is 4.79 Å². The average Bonchev–Trinajstić information content (AvgIpc) is 2.78. The number of imide groups is 1. The number of hydrogen-bond donors (Lipinski definition) is 2. The topological polar surface area (TPSA) is 78.5 Å². The van der Waals surface area contributed by atoms with Crippen LogP contribution in [0.15, 0.2) is 28.7 Å². The highest BCUT2D eigenvalue weighted by molar-refractivity contribution is 9.10. The van der Waals surface area contributed by atoms with Gasteiger partial charge in [-0.2, -0.15) is 0 Å². The molecule has 3 rings (SSSR count). The highest BCUT2D eigenvalue weighted by atomic mass is 79.9. The highest BCUT2D eigenvalue weighted by Crippen LogP contribution is 2.38. The lowest BCUT2D eigenvalue weighted by molar-refractivity contribution is -0.136. The smallest absolute Gasteiger partial charge is 0.325 e. The van der Waals surface area contributed by atoms with Crippen molar-refractivity contribution in [3.05, 3.63) is 28.7 Å². The molecular weight excluding hydrogens is 374 g/mol. The zero-order valence-corrected chi connectivity index (χ0v) is 15.1. The van der Waals surface area contributed by atoms with Gasteiger partial charge in [-0.05, 0) is 43.0 Å². The Balaban J connectivity index is 1.68. The van der Waals surface area contributed by atoms with Gasteiger partial charge in [0.05, 0.1) is 0 Å². The molecule has 1 aromatic carbocycles. The van der Waals surface area contributed by atoms with Crippen LogP contribution in [0.3, 0.4) is 0 Å². The van der Waals surface area contributed by atoms with Gasteiger partial charge in [-0.15, -0.1) is 0 Å². The van der Waals surface area contributed by atoms with Gasteiger partial charge in [-0.1, -0.05) is 35.7 Å². The maximum atomic E-state index is 12.8. The van der Waals surface area contributed by atoms with Crippen molar-refractivity contribution in [2.75, 3.05) is 11.9 Å². The number of nitrogens with one attached hydrogen (secondary N) is 2. The van der Waals surface area contributed by atoms with Crippen LogP contribution in [-0.2, 0) is 9.59 Å². The van der Waals surface area contributed by atoms with E-state index in [-0.39, 0.29) is 24.3 Å². The van der Waals surface area contributed by atoms with Crippen molar-refractivity contribution in [2.45, 2.75) is 38.1 Å². The number of nitrogens with zero attached hydrogens (tertiary/aromatic N) is 1. The Bertz CT molecular complexity index is 676. The molecule has 0 unspecified atom stereocenters. The molecule has 2 atom stereocenters. The minimum Gasteiger partial charge on any atom is -0.325 e. The minimum atomic E-state index is -0.826. The van der Waals surface area contributed by atoms with Crippen molar-refractivity contribution in [3.8, 4) is 0 Å². The molecule has 4 amide bonds. The third-order valence-electron chi connectivity index (χ3n) is 4.93. The van der Waals surface area contributed by atoms with Crippen molar-refractivity contribution in [3.63, 3.8) is 0 Å². The van der Waals surface area contributed by atoms with Crippen molar-refractivity contribution in [2.24, 2.45) is 5.92 Å². The fraction of sp³-hybridized carbons (Fsp3) is 0.471. The Morgan fingerprint density at radius 1 is 1.33 bits per heavy atom. The normalized spacial score (nSPS) is 26.6. The minimum absolute atomic E-state index is 0.0854. The molecule has 7 heteroatoms. The Hall–Kier alpha value is -1.89. The van der Waals surface area contributed by atoms with Crippen molar-refractivity contribution in [1.29, 1.82) is 0 Å². The molecule has 1 heterocycles. The number of amides is 4. The first-order valence-corrected chi connectivity index (χ1v) is 8.91. The zero-order valence-electron chi connectivity index (χ0n) is 13.5. The van der Waals surface area contributed by atoms with E-state index >= 15 is 0 Å². The maximum Gasteiger partial charge on any atom is 0.325 e. The fourth-order valence-electron chi connectivity index (χ4n) is 3.52. The van der Waals surface area contributed by atoms with E-state index in [0.29, 0.717) is 12.1 Å². The maximum absolute atomic E-state index is 12.8. The molecule has 0 bridgehead atoms. The largest absolute Gasteiger partial charge is 0.325 e. The molecule has 1 spiro atoms. The van der Waals surface area contributed by atoms with Crippen LogP contribution < -0.4 is 10.6 Å². The fourth-order valence-corrected chi connectivity index (χ4v) is 3.78. The van der Waals surface area contributed by atoms with Gasteiger partial charge in [-0.3, -0.25) is 14.5 Å². The first kappa shape index (κ1) is 17.0. The SMILES string of the molecule is C[C@@H]1CCCC[C@]12NC(=O)N(CC(=O)Nc1ccc(Br)cc1)C2=O. The number of anilines is 1. The summed E-state index contributed by atoms with van der Waals surface area (Å²) >= 11 is 3.33. The summed E-state index contributed by atoms with van der Waals surface area (Å²) in [5.41, 5.74) is -0.205. The van der Waals surface area contributed by atoms with Crippen LogP contribution in [0.2, 0.25) is 0 Å². The van der Waals surface area contributed by atoms with Gasteiger partial charge in [0, 0.05) is 10.2 Å². The van der Waals surface area contributed by atoms with Gasteiger partial charge in [0.15, 0.2) is 0 Å². The van der Waals surface area contributed by atoms with Crippen LogP contribution in [0, 0.1) is 5.92 Å². The molecule has 1 aliphatic carbocycles. The summed E-state index contributed by atoms with van der Waals surface area (Å²) in [5, 5.41) is 5.55. The quantitative estimate of drug-likeness (QED) is 0.774. The first-order valence-electron chi connectivity index (χ1n) is 8.12. The summed E-state index contributed by atoms with van der Waals surface area (Å²) in [5.74, 6) is -0.575. The summed E-state index contributed by atoms with van der Waals surface area (Å²) in [6, 6.07) is 6.64. The molecule has 0 aromatic heterocycles. The summed E-state index contributed by atoms with van der Waals surface area (Å²) < 4.78 is 0.905. The van der Waals surface area contributed by atoms with Gasteiger partial charge < -0.3 is 10.6 Å². The summed E-state index contributed by atoms with van der Waals surface area (Å²) in [4.78, 5) is 38.3. The number of rotatable bonds is 3. The number of carbonyl (C=O) groups is 3. The molecule has 6 nitrogen and oxygen atoms in total. The zero-order chi connectivity index (χ0) is 17.3. The molecule has 1 aromatic rings. The average molecular weight is 394 g/mol. The molecule has 0 radical (unpaired) electrons. The third-order valence-corrected chi connectivity index (χ3v) is 5.46. The van der Waals surface area contributed by atoms with Gasteiger partial charge in [0.2, 0.25) is 5.91 Å². The van der Waals surface area contributed by atoms with Crippen molar-refractivity contribution >= 4 is 39.5 Å².